The highest BCUT2D eigenvalue weighted by molar-refractivity contribution is 7.21. The maximum Gasteiger partial charge on any atom is 0.163 e. The molecule has 0 saturated heterocycles. The van der Waals surface area contributed by atoms with Gasteiger partial charge in [-0.25, -0.2) is 4.98 Å². The van der Waals surface area contributed by atoms with E-state index >= 15 is 0 Å². The van der Waals surface area contributed by atoms with E-state index in [0.717, 1.165) is 41.4 Å². The Hall–Kier alpha value is -1.69. The molecule has 0 radical (unpaired) electrons. The van der Waals surface area contributed by atoms with E-state index in [9.17, 15) is 0 Å². The van der Waals surface area contributed by atoms with Crippen molar-refractivity contribution in [3.63, 3.8) is 0 Å². The second-order valence-electron chi connectivity index (χ2n) is 6.26. The average molecular weight is 327 g/mol. The molecule has 3 N–H and O–H groups in total. The number of rotatable bonds is 4. The summed E-state index contributed by atoms with van der Waals surface area (Å²) in [7, 11) is 0. The first-order chi connectivity index (χ1) is 11.3. The van der Waals surface area contributed by atoms with Crippen molar-refractivity contribution in [1.29, 1.82) is 0 Å². The van der Waals surface area contributed by atoms with E-state index in [2.05, 4.69) is 16.4 Å². The number of thiazole rings is 1. The molecule has 0 amide bonds. The molecule has 1 fully saturated rings. The number of benzene rings is 1. The van der Waals surface area contributed by atoms with E-state index in [1.165, 1.54) is 17.5 Å². The van der Waals surface area contributed by atoms with Crippen LogP contribution >= 0.6 is 11.3 Å². The Balaban J connectivity index is 1.44. The number of nitrogens with two attached hydrogens (primary N) is 1. The molecule has 1 aliphatic carbocycles. The topological polar surface area (TPSA) is 64.1 Å². The minimum atomic E-state index is 0.344. The lowest BCUT2D eigenvalue weighted by Crippen LogP contribution is -2.38. The molecule has 3 aromatic rings. The highest BCUT2D eigenvalue weighted by Crippen LogP contribution is 2.31. The number of para-hydroxylation sites is 1. The summed E-state index contributed by atoms with van der Waals surface area (Å²) in [4.78, 5) is 4.64. The van der Waals surface area contributed by atoms with Gasteiger partial charge in [0.15, 0.2) is 10.8 Å². The highest BCUT2D eigenvalue weighted by Gasteiger charge is 2.19. The summed E-state index contributed by atoms with van der Waals surface area (Å²) >= 11 is 1.67. The molecular formula is C18H21N3OS. The molecule has 2 aromatic heterocycles. The van der Waals surface area contributed by atoms with Crippen LogP contribution in [0.15, 0.2) is 40.8 Å². The predicted molar refractivity (Wildman–Crippen MR) is 94.4 cm³/mol. The molecule has 0 bridgehead atoms. The van der Waals surface area contributed by atoms with Gasteiger partial charge in [-0.05, 0) is 43.5 Å². The first kappa shape index (κ1) is 14.9. The van der Waals surface area contributed by atoms with E-state index in [1.807, 2.05) is 30.3 Å². The highest BCUT2D eigenvalue weighted by atomic mass is 32.1. The molecule has 120 valence electrons. The maximum absolute atomic E-state index is 6.04. The molecule has 0 unspecified atom stereocenters. The molecule has 5 heteroatoms. The zero-order chi connectivity index (χ0) is 15.6. The molecule has 4 rings (SSSR count). The van der Waals surface area contributed by atoms with E-state index < -0.39 is 0 Å². The van der Waals surface area contributed by atoms with Crippen LogP contribution in [0.1, 0.15) is 31.4 Å². The number of fused-ring (bicyclic) bond motifs is 1. The number of hydrogen-bond donors (Lipinski definition) is 2. The van der Waals surface area contributed by atoms with E-state index in [0.29, 0.717) is 12.1 Å². The molecular weight excluding hydrogens is 306 g/mol. The Bertz CT molecular complexity index is 761. The summed E-state index contributed by atoms with van der Waals surface area (Å²) in [5, 5.41) is 4.51. The van der Waals surface area contributed by atoms with Crippen molar-refractivity contribution in [1.82, 2.24) is 10.3 Å². The summed E-state index contributed by atoms with van der Waals surface area (Å²) in [6.07, 6.45) is 4.64. The van der Waals surface area contributed by atoms with E-state index in [1.54, 1.807) is 11.3 Å². The quantitative estimate of drug-likeness (QED) is 0.762. The summed E-state index contributed by atoms with van der Waals surface area (Å²) in [5.41, 5.74) is 7.07. The van der Waals surface area contributed by atoms with Crippen LogP contribution in [0.25, 0.3) is 21.0 Å². The fourth-order valence-electron chi connectivity index (χ4n) is 3.22. The van der Waals surface area contributed by atoms with Crippen LogP contribution in [0.2, 0.25) is 0 Å². The van der Waals surface area contributed by atoms with Crippen LogP contribution in [0.4, 0.5) is 0 Å². The Kier molecular flexibility index (Phi) is 4.16. The smallest absolute Gasteiger partial charge is 0.163 e. The average Bonchev–Trinajstić information content (AvgIpc) is 3.19. The third-order valence-electron chi connectivity index (χ3n) is 4.45. The number of nitrogens with one attached hydrogen (secondary N) is 1. The lowest BCUT2D eigenvalue weighted by molar-refractivity contribution is 0.329. The molecule has 2 atom stereocenters. The van der Waals surface area contributed by atoms with Crippen molar-refractivity contribution in [2.75, 3.05) is 0 Å². The number of hydrogen-bond acceptors (Lipinski definition) is 5. The zero-order valence-corrected chi connectivity index (χ0v) is 13.8. The second-order valence-corrected chi connectivity index (χ2v) is 7.29. The van der Waals surface area contributed by atoms with Gasteiger partial charge in [-0.2, -0.15) is 0 Å². The molecule has 1 aromatic carbocycles. The van der Waals surface area contributed by atoms with Crippen LogP contribution in [-0.2, 0) is 6.54 Å². The molecule has 4 nitrogen and oxygen atoms in total. The first-order valence-corrected chi connectivity index (χ1v) is 9.03. The molecule has 0 aliphatic heterocycles. The van der Waals surface area contributed by atoms with Crippen molar-refractivity contribution >= 4 is 21.6 Å². The Morgan fingerprint density at radius 2 is 2.13 bits per heavy atom. The fourth-order valence-corrected chi connectivity index (χ4v) is 4.15. The number of nitrogens with zero attached hydrogens (tertiary/aromatic N) is 1. The van der Waals surface area contributed by atoms with Gasteiger partial charge in [-0.1, -0.05) is 18.6 Å². The summed E-state index contributed by atoms with van der Waals surface area (Å²) < 4.78 is 7.16. The lowest BCUT2D eigenvalue weighted by atomic mass is 9.92. The molecule has 2 heterocycles. The van der Waals surface area contributed by atoms with Gasteiger partial charge in [-0.15, -0.1) is 11.3 Å². The fraction of sp³-hybridized carbons (Fsp3) is 0.389. The SMILES string of the molecule is N[C@H]1CCC[C@H](NCc2ccc(-c3nc4ccccc4s3)o2)C1. The van der Waals surface area contributed by atoms with Gasteiger partial charge in [0.2, 0.25) is 0 Å². The number of aromatic nitrogens is 1. The van der Waals surface area contributed by atoms with Crippen molar-refractivity contribution in [3.05, 3.63) is 42.2 Å². The second kappa shape index (κ2) is 6.43. The summed E-state index contributed by atoms with van der Waals surface area (Å²) in [6, 6.07) is 13.1. The van der Waals surface area contributed by atoms with Gasteiger partial charge in [0.05, 0.1) is 16.8 Å². The monoisotopic (exact) mass is 327 g/mol. The van der Waals surface area contributed by atoms with E-state index in [4.69, 9.17) is 10.2 Å². The van der Waals surface area contributed by atoms with Gasteiger partial charge >= 0.3 is 0 Å². The minimum Gasteiger partial charge on any atom is -0.457 e. The molecule has 23 heavy (non-hydrogen) atoms. The third kappa shape index (κ3) is 3.32. The zero-order valence-electron chi connectivity index (χ0n) is 13.0. The van der Waals surface area contributed by atoms with Crippen LogP contribution in [-0.4, -0.2) is 17.1 Å². The van der Waals surface area contributed by atoms with Crippen LogP contribution < -0.4 is 11.1 Å². The summed E-state index contributed by atoms with van der Waals surface area (Å²) in [6.45, 7) is 0.752. The minimum absolute atomic E-state index is 0.344. The van der Waals surface area contributed by atoms with Crippen molar-refractivity contribution in [3.8, 4) is 10.8 Å². The van der Waals surface area contributed by atoms with Gasteiger partial charge in [0.25, 0.3) is 0 Å². The first-order valence-electron chi connectivity index (χ1n) is 8.21. The van der Waals surface area contributed by atoms with Crippen molar-refractivity contribution in [2.45, 2.75) is 44.3 Å². The van der Waals surface area contributed by atoms with Gasteiger partial charge in [-0.3, -0.25) is 0 Å². The molecule has 0 spiro atoms. The Morgan fingerprint density at radius 3 is 3.00 bits per heavy atom. The van der Waals surface area contributed by atoms with E-state index in [-0.39, 0.29) is 0 Å². The van der Waals surface area contributed by atoms with Crippen LogP contribution in [0.5, 0.6) is 0 Å². The maximum atomic E-state index is 6.04. The number of furan rings is 1. The van der Waals surface area contributed by atoms with Gasteiger partial charge < -0.3 is 15.5 Å². The molecule has 1 aliphatic rings. The van der Waals surface area contributed by atoms with Gasteiger partial charge in [0.1, 0.15) is 5.76 Å². The normalized spacial score (nSPS) is 21.8. The van der Waals surface area contributed by atoms with Crippen molar-refractivity contribution < 1.29 is 4.42 Å². The van der Waals surface area contributed by atoms with Gasteiger partial charge in [0, 0.05) is 12.1 Å². The predicted octanol–water partition coefficient (Wildman–Crippen LogP) is 3.92. The Morgan fingerprint density at radius 1 is 1.22 bits per heavy atom. The van der Waals surface area contributed by atoms with Crippen LogP contribution in [0.3, 0.4) is 0 Å². The standard InChI is InChI=1S/C18H21N3OS/c19-12-4-3-5-13(10-12)20-11-14-8-9-16(22-14)18-21-15-6-1-2-7-17(15)23-18/h1-2,6-9,12-13,20H,3-5,10-11,19H2/t12-,13-/m0/s1. The van der Waals surface area contributed by atoms with Crippen molar-refractivity contribution in [2.24, 2.45) is 5.73 Å². The largest absolute Gasteiger partial charge is 0.457 e. The lowest BCUT2D eigenvalue weighted by Gasteiger charge is -2.27. The Labute approximate surface area is 139 Å². The molecule has 1 saturated carbocycles. The third-order valence-corrected chi connectivity index (χ3v) is 5.50. The van der Waals surface area contributed by atoms with Crippen LogP contribution in [0, 0.1) is 0 Å². The summed E-state index contributed by atoms with van der Waals surface area (Å²) in [5.74, 6) is 1.81.